The molecule has 3 amide bonds. The molecule has 0 aliphatic carbocycles. The van der Waals surface area contributed by atoms with Gasteiger partial charge in [-0.3, -0.25) is 28.6 Å². The number of β-amino-alcohol motifs (C(OH)–C–C–N with tert-alkyl or cyclic N) is 1. The van der Waals surface area contributed by atoms with E-state index in [2.05, 4.69) is 44.8 Å². The predicted molar refractivity (Wildman–Crippen MR) is 273 cm³/mol. The number of amides is 3. The number of halogens is 1. The quantitative estimate of drug-likeness (QED) is 0.0907. The molecule has 0 unspecified atom stereocenters. The number of hydrogen-bond donors (Lipinski definition) is 3. The Labute approximate surface area is 419 Å². The van der Waals surface area contributed by atoms with Crippen LogP contribution in [0, 0.1) is 33.6 Å². The van der Waals surface area contributed by atoms with Gasteiger partial charge in [-0.2, -0.15) is 5.10 Å². The van der Waals surface area contributed by atoms with Crippen LogP contribution in [0.4, 0.5) is 0 Å². The van der Waals surface area contributed by atoms with Crippen LogP contribution >= 0.6 is 34.3 Å². The zero-order valence-electron chi connectivity index (χ0n) is 40.0. The Hall–Kier alpha value is -6.53. The lowest BCUT2D eigenvalue weighted by atomic mass is 9.99. The smallest absolute Gasteiger partial charge is 0.248 e. The number of rotatable bonds is 15. The van der Waals surface area contributed by atoms with Gasteiger partial charge in [0.15, 0.2) is 5.82 Å². The average molecular weight is 1000 g/mol. The zero-order valence-corrected chi connectivity index (χ0v) is 42.4. The highest BCUT2D eigenvalue weighted by Gasteiger charge is 2.42. The number of aryl methyl sites for hydroxylation is 3. The number of ether oxygens (including phenoxy) is 1. The standard InChI is InChI=1S/C52H55ClN10O5S2/c1-28(2)47(51(67)61-26-40(64)20-43(61)50(66)55-23-34-11-13-36(14-12-34)48-31(5)56-27-69-48)62-25-38(24-57-62)37-9-8-10-41(19-37)68-29(3)22-54-44(65)21-42-49-60-59-33(7)63(49)52-45(30(4)32(6)70-52)46(58-42)35-15-17-39(53)18-16-35/h8-19,24-25,27-29,40,42-43,47,64H,20-23,26H2,1-7H3,(H,54,65)(H,55,66)/t29-,40-,42+,43+,47-/m1/s1. The van der Waals surface area contributed by atoms with Gasteiger partial charge in [-0.15, -0.1) is 32.9 Å². The van der Waals surface area contributed by atoms with Crippen molar-refractivity contribution in [3.8, 4) is 32.3 Å². The van der Waals surface area contributed by atoms with Crippen LogP contribution in [0.25, 0.3) is 26.6 Å². The number of hydrogen-bond acceptors (Lipinski definition) is 12. The first-order valence-corrected chi connectivity index (χ1v) is 25.4. The van der Waals surface area contributed by atoms with Gasteiger partial charge in [0, 0.05) is 52.3 Å². The number of aliphatic hydroxyl groups excluding tert-OH is 1. The van der Waals surface area contributed by atoms with E-state index >= 15 is 0 Å². The van der Waals surface area contributed by atoms with Crippen LogP contribution in [0.1, 0.15) is 90.2 Å². The first kappa shape index (κ1) is 48.5. The molecular formula is C52H55ClN10O5S2. The van der Waals surface area contributed by atoms with Crippen LogP contribution in [0.15, 0.2) is 95.7 Å². The lowest BCUT2D eigenvalue weighted by Crippen LogP contribution is -2.49. The van der Waals surface area contributed by atoms with E-state index in [-0.39, 0.29) is 56.1 Å². The van der Waals surface area contributed by atoms with Crippen molar-refractivity contribution >= 4 is 57.7 Å². The van der Waals surface area contributed by atoms with Gasteiger partial charge < -0.3 is 25.4 Å². The average Bonchev–Trinajstić information content (AvgIpc) is 4.19. The van der Waals surface area contributed by atoms with E-state index in [9.17, 15) is 19.5 Å². The fraction of sp³-hybridized carbons (Fsp3) is 0.346. The molecule has 0 spiro atoms. The minimum absolute atomic E-state index is 0.0462. The van der Waals surface area contributed by atoms with Crippen LogP contribution in [-0.4, -0.2) is 94.3 Å². The molecule has 1 saturated heterocycles. The number of carbonyl (C=O) groups is 3. The SMILES string of the molecule is Cc1ncsc1-c1ccc(CNC(=O)[C@@H]2C[C@@H](O)CN2C(=O)[C@@H](C(C)C)n2cc(-c3cccc(O[C@H](C)CNC(=O)C[C@@H]4N=C(c5ccc(Cl)cc5)c5c(sc(C)c5C)-n5c(C)nnc54)c3)cn2)cc1. The summed E-state index contributed by atoms with van der Waals surface area (Å²) in [6.45, 7) is 14.4. The highest BCUT2D eigenvalue weighted by molar-refractivity contribution is 7.15. The molecule has 15 nitrogen and oxygen atoms in total. The second-order valence-electron chi connectivity index (χ2n) is 18.3. The zero-order chi connectivity index (χ0) is 49.4. The Morgan fingerprint density at radius 3 is 2.41 bits per heavy atom. The second kappa shape index (κ2) is 20.4. The van der Waals surface area contributed by atoms with E-state index in [4.69, 9.17) is 21.3 Å². The van der Waals surface area contributed by atoms with Gasteiger partial charge in [0.25, 0.3) is 0 Å². The topological polar surface area (TPSA) is 182 Å². The number of nitrogens with one attached hydrogen (secondary N) is 2. The molecule has 1 fully saturated rings. The number of aliphatic imine (C=N–C) groups is 1. The maximum Gasteiger partial charge on any atom is 0.248 e. The van der Waals surface area contributed by atoms with Crippen molar-refractivity contribution in [1.29, 1.82) is 0 Å². The number of thiazole rings is 1. The van der Waals surface area contributed by atoms with Crippen LogP contribution in [-0.2, 0) is 20.9 Å². The number of nitrogens with zero attached hydrogens (tertiary/aromatic N) is 8. The molecule has 0 radical (unpaired) electrons. The van der Waals surface area contributed by atoms with E-state index in [1.54, 1.807) is 33.6 Å². The molecule has 0 saturated carbocycles. The third kappa shape index (κ3) is 10.1. The molecule has 362 valence electrons. The maximum absolute atomic E-state index is 14.4. The Bertz CT molecular complexity index is 3080. The summed E-state index contributed by atoms with van der Waals surface area (Å²) < 4.78 is 9.99. The van der Waals surface area contributed by atoms with Crippen LogP contribution in [0.2, 0.25) is 5.02 Å². The van der Waals surface area contributed by atoms with E-state index in [1.165, 1.54) is 4.90 Å². The number of benzene rings is 3. The van der Waals surface area contributed by atoms with Crippen LogP contribution in [0.3, 0.4) is 0 Å². The minimum atomic E-state index is -0.832. The van der Waals surface area contributed by atoms with Crippen LogP contribution in [0.5, 0.6) is 5.75 Å². The van der Waals surface area contributed by atoms with Crippen molar-refractivity contribution in [3.63, 3.8) is 0 Å². The summed E-state index contributed by atoms with van der Waals surface area (Å²) in [7, 11) is 0. The third-order valence-corrected chi connectivity index (χ3v) is 15.3. The predicted octanol–water partition coefficient (Wildman–Crippen LogP) is 8.54. The van der Waals surface area contributed by atoms with Crippen molar-refractivity contribution in [2.45, 2.75) is 98.2 Å². The summed E-state index contributed by atoms with van der Waals surface area (Å²) in [5.74, 6) is 0.919. The molecule has 6 heterocycles. The summed E-state index contributed by atoms with van der Waals surface area (Å²) in [5, 5.41) is 32.0. The van der Waals surface area contributed by atoms with Gasteiger partial charge in [0.2, 0.25) is 17.7 Å². The fourth-order valence-electron chi connectivity index (χ4n) is 9.14. The first-order valence-electron chi connectivity index (χ1n) is 23.3. The van der Waals surface area contributed by atoms with Crippen molar-refractivity contribution < 1.29 is 24.2 Å². The van der Waals surface area contributed by atoms with Crippen molar-refractivity contribution in [2.24, 2.45) is 10.9 Å². The summed E-state index contributed by atoms with van der Waals surface area (Å²) in [4.78, 5) is 55.0. The summed E-state index contributed by atoms with van der Waals surface area (Å²) in [5.41, 5.74) is 10.2. The molecule has 3 N–H and O–H groups in total. The van der Waals surface area contributed by atoms with E-state index in [0.717, 1.165) is 70.9 Å². The Kier molecular flexibility index (Phi) is 14.2. The summed E-state index contributed by atoms with van der Waals surface area (Å²) in [6, 6.07) is 21.0. The Balaban J connectivity index is 0.831. The minimum Gasteiger partial charge on any atom is -0.489 e. The molecule has 7 aromatic rings. The lowest BCUT2D eigenvalue weighted by molar-refractivity contribution is -0.142. The van der Waals surface area contributed by atoms with Crippen molar-refractivity contribution in [2.75, 3.05) is 13.1 Å². The van der Waals surface area contributed by atoms with E-state index in [0.29, 0.717) is 16.6 Å². The number of aromatic nitrogens is 6. The number of fused-ring (bicyclic) bond motifs is 3. The molecule has 70 heavy (non-hydrogen) atoms. The van der Waals surface area contributed by atoms with Gasteiger partial charge in [-0.25, -0.2) is 4.98 Å². The monoisotopic (exact) mass is 998 g/mol. The second-order valence-corrected chi connectivity index (χ2v) is 20.8. The molecule has 9 rings (SSSR count). The summed E-state index contributed by atoms with van der Waals surface area (Å²) in [6.07, 6.45) is 2.49. The molecule has 18 heteroatoms. The Morgan fingerprint density at radius 2 is 1.69 bits per heavy atom. The van der Waals surface area contributed by atoms with Crippen molar-refractivity contribution in [3.05, 3.63) is 140 Å². The maximum atomic E-state index is 14.4. The number of aliphatic hydroxyl groups is 1. The van der Waals surface area contributed by atoms with Gasteiger partial charge in [-0.05, 0) is 87.1 Å². The van der Waals surface area contributed by atoms with Crippen molar-refractivity contribution in [1.82, 2.24) is 45.1 Å². The lowest BCUT2D eigenvalue weighted by Gasteiger charge is -2.30. The van der Waals surface area contributed by atoms with Crippen LogP contribution < -0.4 is 15.4 Å². The first-order chi connectivity index (χ1) is 33.6. The van der Waals surface area contributed by atoms with Gasteiger partial charge >= 0.3 is 0 Å². The molecule has 2 aliphatic heterocycles. The fourth-order valence-corrected chi connectivity index (χ4v) is 11.3. The number of thiophene rings is 1. The molecular weight excluding hydrogens is 944 g/mol. The van der Waals surface area contributed by atoms with E-state index < -0.39 is 30.3 Å². The number of likely N-dealkylation sites (tertiary alicyclic amines) is 1. The molecule has 3 aromatic carbocycles. The molecule has 0 bridgehead atoms. The Morgan fingerprint density at radius 1 is 0.929 bits per heavy atom. The van der Waals surface area contributed by atoms with Gasteiger partial charge in [0.1, 0.15) is 40.8 Å². The molecule has 4 aromatic heterocycles. The molecule has 2 aliphatic rings. The highest BCUT2D eigenvalue weighted by atomic mass is 35.5. The summed E-state index contributed by atoms with van der Waals surface area (Å²) >= 11 is 9.52. The third-order valence-electron chi connectivity index (χ3n) is 12.9. The van der Waals surface area contributed by atoms with Gasteiger partial charge in [-0.1, -0.05) is 74.0 Å². The largest absolute Gasteiger partial charge is 0.489 e. The normalized spacial score (nSPS) is 17.4. The van der Waals surface area contributed by atoms with Gasteiger partial charge in [0.05, 0.1) is 47.1 Å². The van der Waals surface area contributed by atoms with E-state index in [1.807, 2.05) is 124 Å². The highest BCUT2D eigenvalue weighted by Crippen LogP contribution is 2.40. The molecule has 5 atom stereocenters. The number of carbonyl (C=O) groups excluding carboxylic acids is 3.